The third-order valence-electron chi connectivity index (χ3n) is 8.22. The van der Waals surface area contributed by atoms with Gasteiger partial charge < -0.3 is 9.30 Å². The Morgan fingerprint density at radius 2 is 1.41 bits per heavy atom. The molecule has 0 saturated carbocycles. The average molecular weight is 784 g/mol. The Hall–Kier alpha value is -4.47. The first-order chi connectivity index (χ1) is 21.5. The summed E-state index contributed by atoms with van der Waals surface area (Å²) in [6.07, 6.45) is 3.86. The van der Waals surface area contributed by atoms with Gasteiger partial charge in [0.25, 0.3) is 0 Å². The zero-order chi connectivity index (χ0) is 31.3. The van der Waals surface area contributed by atoms with E-state index in [1.165, 1.54) is 5.56 Å². The minimum Gasteiger partial charge on any atom is -0.509 e. The van der Waals surface area contributed by atoms with Gasteiger partial charge in [-0.1, -0.05) is 95.6 Å². The molecule has 6 heteroatoms. The standard InChI is InChI=1S/C40H36N4O.Pt/c1-39(2,3)28-18-20-41-38(24-28)44-36-15-11-10-14-33(36)34-17-16-31(26-37(34)44)45-32-23-29(40(4,5)6)22-30(25-32)43-21-19-35(42-43)27-12-8-7-9-13-27;/h7-24H,1-6H3;/q-2;+2. The van der Waals surface area contributed by atoms with Crippen molar-refractivity contribution in [3.05, 3.63) is 133 Å². The molecule has 0 N–H and O–H groups in total. The summed E-state index contributed by atoms with van der Waals surface area (Å²) in [6.45, 7) is 13.3. The van der Waals surface area contributed by atoms with E-state index in [4.69, 9.17) is 14.8 Å². The number of hydrogen-bond acceptors (Lipinski definition) is 3. The molecule has 232 valence electrons. The van der Waals surface area contributed by atoms with Gasteiger partial charge in [-0.3, -0.25) is 4.68 Å². The summed E-state index contributed by atoms with van der Waals surface area (Å²) in [5.74, 6) is 2.08. The summed E-state index contributed by atoms with van der Waals surface area (Å²) < 4.78 is 10.6. The minimum atomic E-state index is -0.110. The van der Waals surface area contributed by atoms with Crippen LogP contribution in [0.1, 0.15) is 52.7 Å². The van der Waals surface area contributed by atoms with Crippen LogP contribution in [0, 0.1) is 12.1 Å². The predicted molar refractivity (Wildman–Crippen MR) is 183 cm³/mol. The average Bonchev–Trinajstić information content (AvgIpc) is 3.64. The number of ether oxygens (including phenoxy) is 1. The van der Waals surface area contributed by atoms with Crippen molar-refractivity contribution in [2.75, 3.05) is 0 Å². The molecule has 0 unspecified atom stereocenters. The van der Waals surface area contributed by atoms with E-state index >= 15 is 0 Å². The summed E-state index contributed by atoms with van der Waals surface area (Å²) in [4.78, 5) is 4.80. The van der Waals surface area contributed by atoms with Crippen molar-refractivity contribution in [3.63, 3.8) is 0 Å². The molecule has 46 heavy (non-hydrogen) atoms. The summed E-state index contributed by atoms with van der Waals surface area (Å²) in [5, 5.41) is 7.11. The summed E-state index contributed by atoms with van der Waals surface area (Å²) in [7, 11) is 0. The third-order valence-corrected chi connectivity index (χ3v) is 8.22. The second kappa shape index (κ2) is 12.0. The van der Waals surface area contributed by atoms with E-state index in [1.54, 1.807) is 0 Å². The van der Waals surface area contributed by atoms with E-state index in [2.05, 4.69) is 125 Å². The molecule has 0 spiro atoms. The molecule has 3 aromatic heterocycles. The van der Waals surface area contributed by atoms with Crippen molar-refractivity contribution in [2.45, 2.75) is 52.4 Å². The van der Waals surface area contributed by atoms with Gasteiger partial charge in [-0.25, -0.2) is 4.98 Å². The molecule has 0 aliphatic heterocycles. The molecular weight excluding hydrogens is 748 g/mol. The number of fused-ring (bicyclic) bond motifs is 3. The first-order valence-corrected chi connectivity index (χ1v) is 15.3. The Morgan fingerprint density at radius 3 is 2.17 bits per heavy atom. The Kier molecular flexibility index (Phi) is 8.25. The molecule has 7 aromatic rings. The quantitative estimate of drug-likeness (QED) is 0.163. The molecule has 7 rings (SSSR count). The summed E-state index contributed by atoms with van der Waals surface area (Å²) >= 11 is 0. The van der Waals surface area contributed by atoms with Crippen LogP contribution in [-0.4, -0.2) is 19.3 Å². The van der Waals surface area contributed by atoms with Crippen molar-refractivity contribution in [1.82, 2.24) is 19.3 Å². The summed E-state index contributed by atoms with van der Waals surface area (Å²) in [5.41, 5.74) is 7.02. The van der Waals surface area contributed by atoms with E-state index in [0.717, 1.165) is 50.1 Å². The van der Waals surface area contributed by atoms with E-state index in [1.807, 2.05) is 47.4 Å². The van der Waals surface area contributed by atoms with E-state index in [-0.39, 0.29) is 31.9 Å². The molecule has 5 nitrogen and oxygen atoms in total. The number of pyridine rings is 1. The van der Waals surface area contributed by atoms with Crippen LogP contribution in [0.25, 0.3) is 44.6 Å². The fourth-order valence-corrected chi connectivity index (χ4v) is 5.66. The van der Waals surface area contributed by atoms with Crippen LogP contribution >= 0.6 is 0 Å². The van der Waals surface area contributed by atoms with Gasteiger partial charge in [-0.15, -0.1) is 41.3 Å². The third kappa shape index (κ3) is 6.04. The molecule has 0 radical (unpaired) electrons. The normalized spacial score (nSPS) is 12.0. The predicted octanol–water partition coefficient (Wildman–Crippen LogP) is 10.0. The van der Waals surface area contributed by atoms with Crippen molar-refractivity contribution >= 4 is 21.8 Å². The number of nitrogens with zero attached hydrogens (tertiary/aromatic N) is 4. The number of rotatable bonds is 5. The van der Waals surface area contributed by atoms with E-state index in [9.17, 15) is 0 Å². The maximum atomic E-state index is 6.55. The van der Waals surface area contributed by atoms with E-state index in [0.29, 0.717) is 11.5 Å². The second-order valence-corrected chi connectivity index (χ2v) is 13.6. The van der Waals surface area contributed by atoms with Gasteiger partial charge in [0.15, 0.2) is 0 Å². The molecule has 3 heterocycles. The van der Waals surface area contributed by atoms with Gasteiger partial charge in [0.2, 0.25) is 0 Å². The van der Waals surface area contributed by atoms with Gasteiger partial charge in [0, 0.05) is 35.0 Å². The molecule has 0 aliphatic carbocycles. The summed E-state index contributed by atoms with van der Waals surface area (Å²) in [6, 6.07) is 40.3. The Morgan fingerprint density at radius 1 is 0.674 bits per heavy atom. The zero-order valence-electron chi connectivity index (χ0n) is 26.9. The minimum absolute atomic E-state index is 0. The Bertz CT molecular complexity index is 2160. The SMILES string of the molecule is CC(C)(C)c1cc(Oc2[c-]c3c(cc2)c2ccccc2n3-c2cc(C(C)(C)C)ccn2)[c-]c(-n2ccc(-c3ccccc3)n2)c1.[Pt+2]. The van der Waals surface area contributed by atoms with Crippen molar-refractivity contribution < 1.29 is 25.8 Å². The Labute approximate surface area is 285 Å². The van der Waals surface area contributed by atoms with Crippen molar-refractivity contribution in [2.24, 2.45) is 0 Å². The molecule has 0 bridgehead atoms. The van der Waals surface area contributed by atoms with Crippen LogP contribution in [-0.2, 0) is 31.9 Å². The van der Waals surface area contributed by atoms with Gasteiger partial charge in [0.1, 0.15) is 5.82 Å². The molecule has 0 atom stereocenters. The van der Waals surface area contributed by atoms with Crippen molar-refractivity contribution in [3.8, 4) is 34.3 Å². The van der Waals surface area contributed by atoms with Crippen LogP contribution in [0.2, 0.25) is 0 Å². The van der Waals surface area contributed by atoms with Crippen LogP contribution in [0.3, 0.4) is 0 Å². The smallest absolute Gasteiger partial charge is 0.509 e. The fraction of sp³-hybridized carbons (Fsp3) is 0.200. The van der Waals surface area contributed by atoms with E-state index < -0.39 is 0 Å². The second-order valence-electron chi connectivity index (χ2n) is 13.6. The van der Waals surface area contributed by atoms with Crippen LogP contribution in [0.15, 0.2) is 109 Å². The monoisotopic (exact) mass is 783 g/mol. The number of para-hydroxylation sites is 1. The zero-order valence-corrected chi connectivity index (χ0v) is 29.2. The number of hydrogen-bond donors (Lipinski definition) is 0. The van der Waals surface area contributed by atoms with Gasteiger partial charge in [0.05, 0.1) is 5.69 Å². The van der Waals surface area contributed by atoms with Crippen LogP contribution in [0.5, 0.6) is 11.5 Å². The van der Waals surface area contributed by atoms with Gasteiger partial charge in [-0.05, 0) is 51.7 Å². The van der Waals surface area contributed by atoms with Crippen LogP contribution in [0.4, 0.5) is 0 Å². The molecule has 0 aliphatic rings. The number of benzene rings is 4. The molecule has 0 amide bonds. The fourth-order valence-electron chi connectivity index (χ4n) is 5.66. The Balaban J connectivity index is 0.00000372. The van der Waals surface area contributed by atoms with Crippen molar-refractivity contribution in [1.29, 1.82) is 0 Å². The molecule has 0 fully saturated rings. The first kappa shape index (κ1) is 31.5. The molecule has 0 saturated heterocycles. The maximum absolute atomic E-state index is 6.55. The topological polar surface area (TPSA) is 44.9 Å². The molecule has 4 aromatic carbocycles. The maximum Gasteiger partial charge on any atom is 2.00 e. The van der Waals surface area contributed by atoms with Crippen LogP contribution < -0.4 is 4.74 Å². The van der Waals surface area contributed by atoms with Gasteiger partial charge in [-0.2, -0.15) is 11.2 Å². The van der Waals surface area contributed by atoms with Gasteiger partial charge >= 0.3 is 21.1 Å². The number of aromatic nitrogens is 4. The first-order valence-electron chi connectivity index (χ1n) is 15.3. The largest absolute Gasteiger partial charge is 2.00 e. The molecular formula is C40H36N4OPt.